The summed E-state index contributed by atoms with van der Waals surface area (Å²) in [5.74, 6) is -0.721. The zero-order chi connectivity index (χ0) is 14.7. The SMILES string of the molecule is NC(=O)CN(C(=O)c1ccc(Br)cc1N)C1CCCC1. The first kappa shape index (κ1) is 14.8. The van der Waals surface area contributed by atoms with E-state index in [0.29, 0.717) is 11.3 Å². The van der Waals surface area contributed by atoms with Crippen molar-refractivity contribution < 1.29 is 9.59 Å². The first-order valence-electron chi connectivity index (χ1n) is 6.63. The van der Waals surface area contributed by atoms with E-state index in [0.717, 1.165) is 30.2 Å². The summed E-state index contributed by atoms with van der Waals surface area (Å²) in [6.45, 7) is -0.0565. The van der Waals surface area contributed by atoms with Crippen molar-refractivity contribution in [2.75, 3.05) is 12.3 Å². The highest BCUT2D eigenvalue weighted by Crippen LogP contribution is 2.27. The fourth-order valence-corrected chi connectivity index (χ4v) is 3.01. The smallest absolute Gasteiger partial charge is 0.256 e. The molecule has 20 heavy (non-hydrogen) atoms. The van der Waals surface area contributed by atoms with Crippen LogP contribution in [0.5, 0.6) is 0 Å². The Labute approximate surface area is 126 Å². The van der Waals surface area contributed by atoms with Gasteiger partial charge in [-0.05, 0) is 31.0 Å². The van der Waals surface area contributed by atoms with E-state index in [1.165, 1.54) is 0 Å². The predicted octanol–water partition coefficient (Wildman–Crippen LogP) is 1.90. The van der Waals surface area contributed by atoms with Crippen LogP contribution in [0.15, 0.2) is 22.7 Å². The van der Waals surface area contributed by atoms with Crippen LogP contribution in [0.4, 0.5) is 5.69 Å². The molecular weight excluding hydrogens is 322 g/mol. The van der Waals surface area contributed by atoms with Crippen molar-refractivity contribution >= 4 is 33.4 Å². The minimum absolute atomic E-state index is 0.0565. The molecule has 0 aromatic heterocycles. The second-order valence-electron chi connectivity index (χ2n) is 5.07. The van der Waals surface area contributed by atoms with Gasteiger partial charge >= 0.3 is 0 Å². The maximum absolute atomic E-state index is 12.6. The molecule has 0 unspecified atom stereocenters. The monoisotopic (exact) mass is 339 g/mol. The van der Waals surface area contributed by atoms with Crippen LogP contribution in [-0.4, -0.2) is 29.3 Å². The second kappa shape index (κ2) is 6.26. The summed E-state index contributed by atoms with van der Waals surface area (Å²) in [6.07, 6.45) is 3.97. The lowest BCUT2D eigenvalue weighted by Crippen LogP contribution is -2.44. The lowest BCUT2D eigenvalue weighted by molar-refractivity contribution is -0.119. The number of carbonyl (C=O) groups excluding carboxylic acids is 2. The number of rotatable bonds is 4. The molecule has 0 saturated heterocycles. The Kier molecular flexibility index (Phi) is 4.65. The highest BCUT2D eigenvalue weighted by Gasteiger charge is 2.29. The van der Waals surface area contributed by atoms with Gasteiger partial charge in [0, 0.05) is 16.2 Å². The van der Waals surface area contributed by atoms with E-state index in [1.807, 2.05) is 0 Å². The van der Waals surface area contributed by atoms with Crippen LogP contribution in [0, 0.1) is 0 Å². The summed E-state index contributed by atoms with van der Waals surface area (Å²) < 4.78 is 0.814. The van der Waals surface area contributed by atoms with Crippen LogP contribution in [0.3, 0.4) is 0 Å². The fourth-order valence-electron chi connectivity index (χ4n) is 2.63. The molecule has 1 aromatic carbocycles. The third kappa shape index (κ3) is 3.30. The number of nitrogens with two attached hydrogens (primary N) is 2. The molecule has 1 aliphatic rings. The number of nitrogen functional groups attached to an aromatic ring is 1. The van der Waals surface area contributed by atoms with Gasteiger partial charge in [0.15, 0.2) is 0 Å². The Morgan fingerprint density at radius 1 is 1.30 bits per heavy atom. The number of anilines is 1. The van der Waals surface area contributed by atoms with E-state index in [9.17, 15) is 9.59 Å². The van der Waals surface area contributed by atoms with Crippen LogP contribution in [0.1, 0.15) is 36.0 Å². The molecule has 0 radical (unpaired) electrons. The Balaban J connectivity index is 2.27. The van der Waals surface area contributed by atoms with Gasteiger partial charge in [-0.1, -0.05) is 28.8 Å². The summed E-state index contributed by atoms with van der Waals surface area (Å²) in [4.78, 5) is 25.4. The topological polar surface area (TPSA) is 89.4 Å². The average Bonchev–Trinajstić information content (AvgIpc) is 2.88. The van der Waals surface area contributed by atoms with Crippen molar-refractivity contribution in [3.05, 3.63) is 28.2 Å². The van der Waals surface area contributed by atoms with Gasteiger partial charge in [0.05, 0.1) is 12.1 Å². The van der Waals surface area contributed by atoms with Crippen LogP contribution in [0.25, 0.3) is 0 Å². The fraction of sp³-hybridized carbons (Fsp3) is 0.429. The molecule has 108 valence electrons. The van der Waals surface area contributed by atoms with Gasteiger partial charge in [-0.15, -0.1) is 0 Å². The minimum Gasteiger partial charge on any atom is -0.398 e. The lowest BCUT2D eigenvalue weighted by atomic mass is 10.1. The van der Waals surface area contributed by atoms with Gasteiger partial charge in [-0.25, -0.2) is 0 Å². The molecule has 0 atom stereocenters. The maximum atomic E-state index is 12.6. The predicted molar refractivity (Wildman–Crippen MR) is 81.0 cm³/mol. The molecule has 2 rings (SSSR count). The first-order valence-corrected chi connectivity index (χ1v) is 7.42. The van der Waals surface area contributed by atoms with Crippen LogP contribution < -0.4 is 11.5 Å². The second-order valence-corrected chi connectivity index (χ2v) is 5.98. The summed E-state index contributed by atoms with van der Waals surface area (Å²) >= 11 is 3.31. The van der Waals surface area contributed by atoms with Crippen LogP contribution in [-0.2, 0) is 4.79 Å². The molecule has 1 aromatic rings. The van der Waals surface area contributed by atoms with Crippen molar-refractivity contribution in [2.45, 2.75) is 31.7 Å². The molecule has 1 fully saturated rings. The Hall–Kier alpha value is -1.56. The summed E-state index contributed by atoms with van der Waals surface area (Å²) in [5, 5.41) is 0. The highest BCUT2D eigenvalue weighted by atomic mass is 79.9. The van der Waals surface area contributed by atoms with Gasteiger partial charge in [-0.3, -0.25) is 9.59 Å². The van der Waals surface area contributed by atoms with Gasteiger partial charge in [-0.2, -0.15) is 0 Å². The Bertz CT molecular complexity index is 527. The molecular formula is C14H18BrN3O2. The summed E-state index contributed by atoms with van der Waals surface area (Å²) in [7, 11) is 0. The van der Waals surface area contributed by atoms with Crippen LogP contribution in [0.2, 0.25) is 0 Å². The van der Waals surface area contributed by atoms with Crippen molar-refractivity contribution in [2.24, 2.45) is 5.73 Å². The lowest BCUT2D eigenvalue weighted by Gasteiger charge is -2.28. The normalized spacial score (nSPS) is 15.2. The molecule has 1 aliphatic carbocycles. The van der Waals surface area contributed by atoms with E-state index in [4.69, 9.17) is 11.5 Å². The number of primary amides is 1. The summed E-state index contributed by atoms with van der Waals surface area (Å²) in [6, 6.07) is 5.20. The van der Waals surface area contributed by atoms with Gasteiger partial charge in [0.1, 0.15) is 0 Å². The number of hydrogen-bond donors (Lipinski definition) is 2. The van der Waals surface area contributed by atoms with E-state index >= 15 is 0 Å². The number of halogens is 1. The van der Waals surface area contributed by atoms with Crippen molar-refractivity contribution in [1.82, 2.24) is 4.90 Å². The van der Waals surface area contributed by atoms with E-state index < -0.39 is 5.91 Å². The van der Waals surface area contributed by atoms with E-state index in [-0.39, 0.29) is 18.5 Å². The number of benzene rings is 1. The molecule has 2 amide bonds. The van der Waals surface area contributed by atoms with Crippen molar-refractivity contribution in [1.29, 1.82) is 0 Å². The third-order valence-corrected chi connectivity index (χ3v) is 4.09. The highest BCUT2D eigenvalue weighted by molar-refractivity contribution is 9.10. The molecule has 0 bridgehead atoms. The van der Waals surface area contributed by atoms with Gasteiger partial charge in [0.2, 0.25) is 5.91 Å². The van der Waals surface area contributed by atoms with E-state index in [1.54, 1.807) is 23.1 Å². The third-order valence-electron chi connectivity index (χ3n) is 3.60. The molecule has 5 nitrogen and oxygen atoms in total. The first-order chi connectivity index (χ1) is 9.49. The molecule has 1 saturated carbocycles. The van der Waals surface area contributed by atoms with E-state index in [2.05, 4.69) is 15.9 Å². The molecule has 4 N–H and O–H groups in total. The van der Waals surface area contributed by atoms with Crippen LogP contribution >= 0.6 is 15.9 Å². The van der Waals surface area contributed by atoms with Gasteiger partial charge in [0.25, 0.3) is 5.91 Å². The zero-order valence-corrected chi connectivity index (χ0v) is 12.7. The molecule has 0 heterocycles. The van der Waals surface area contributed by atoms with Crippen molar-refractivity contribution in [3.63, 3.8) is 0 Å². The Morgan fingerprint density at radius 3 is 2.50 bits per heavy atom. The molecule has 0 spiro atoms. The molecule has 0 aliphatic heterocycles. The number of carbonyl (C=O) groups is 2. The largest absolute Gasteiger partial charge is 0.398 e. The standard InChI is InChI=1S/C14H18BrN3O2/c15-9-5-6-11(12(16)7-9)14(20)18(8-13(17)19)10-3-1-2-4-10/h5-7,10H,1-4,8,16H2,(H2,17,19). The summed E-state index contributed by atoms with van der Waals surface area (Å²) in [5.41, 5.74) is 12.0. The maximum Gasteiger partial charge on any atom is 0.256 e. The minimum atomic E-state index is -0.499. The number of amides is 2. The number of nitrogens with zero attached hydrogens (tertiary/aromatic N) is 1. The number of hydrogen-bond acceptors (Lipinski definition) is 3. The molecule has 6 heteroatoms. The Morgan fingerprint density at radius 2 is 1.95 bits per heavy atom. The van der Waals surface area contributed by atoms with Gasteiger partial charge < -0.3 is 16.4 Å². The zero-order valence-electron chi connectivity index (χ0n) is 11.1. The van der Waals surface area contributed by atoms with Crippen molar-refractivity contribution in [3.8, 4) is 0 Å². The average molecular weight is 340 g/mol. The quantitative estimate of drug-likeness (QED) is 0.821.